The van der Waals surface area contributed by atoms with Gasteiger partial charge in [-0.05, 0) is 18.2 Å². The number of aromatic nitrogens is 3. The van der Waals surface area contributed by atoms with E-state index in [1.165, 1.54) is 6.07 Å². The molecule has 1 N–H and O–H groups in total. The minimum absolute atomic E-state index is 0.0767. The minimum atomic E-state index is -0.966. The summed E-state index contributed by atoms with van der Waals surface area (Å²) >= 11 is 0. The first-order valence-corrected chi connectivity index (χ1v) is 6.00. The van der Waals surface area contributed by atoms with E-state index in [0.717, 1.165) is 0 Å². The molecular formula is C12H13N3O4. The van der Waals surface area contributed by atoms with Gasteiger partial charge in [0, 0.05) is 0 Å². The van der Waals surface area contributed by atoms with E-state index in [1.807, 2.05) is 0 Å². The van der Waals surface area contributed by atoms with Crippen LogP contribution >= 0.6 is 0 Å². The third-order valence-electron chi connectivity index (χ3n) is 3.02. The molecule has 0 amide bonds. The van der Waals surface area contributed by atoms with Gasteiger partial charge >= 0.3 is 5.97 Å². The predicted octanol–water partition coefficient (Wildman–Crippen LogP) is 0.545. The Morgan fingerprint density at radius 2 is 2.37 bits per heavy atom. The summed E-state index contributed by atoms with van der Waals surface area (Å²) in [5.41, 5.74) is 1.58. The Kier molecular flexibility index (Phi) is 3.14. The van der Waals surface area contributed by atoms with Crippen molar-refractivity contribution in [1.29, 1.82) is 0 Å². The summed E-state index contributed by atoms with van der Waals surface area (Å²) in [6, 6.07) is 4.74. The number of carbonyl (C=O) groups is 1. The molecule has 2 aromatic rings. The summed E-state index contributed by atoms with van der Waals surface area (Å²) in [5.74, 6) is -0.966. The second kappa shape index (κ2) is 4.94. The van der Waals surface area contributed by atoms with Gasteiger partial charge in [0.1, 0.15) is 11.6 Å². The van der Waals surface area contributed by atoms with Crippen LogP contribution in [-0.4, -0.2) is 52.0 Å². The van der Waals surface area contributed by atoms with Gasteiger partial charge in [-0.3, -0.25) is 0 Å². The molecule has 1 saturated heterocycles. The van der Waals surface area contributed by atoms with E-state index < -0.39 is 5.97 Å². The van der Waals surface area contributed by atoms with E-state index in [0.29, 0.717) is 37.4 Å². The van der Waals surface area contributed by atoms with Crippen LogP contribution < -0.4 is 0 Å². The quantitative estimate of drug-likeness (QED) is 0.870. The van der Waals surface area contributed by atoms with Crippen LogP contribution in [0.5, 0.6) is 0 Å². The van der Waals surface area contributed by atoms with Crippen molar-refractivity contribution in [2.45, 2.75) is 12.6 Å². The van der Waals surface area contributed by atoms with Crippen molar-refractivity contribution >= 4 is 17.0 Å². The molecule has 0 bridgehead atoms. The third kappa shape index (κ3) is 2.42. The average Bonchev–Trinajstić information content (AvgIpc) is 2.82. The molecule has 0 saturated carbocycles. The second-order valence-electron chi connectivity index (χ2n) is 4.35. The highest BCUT2D eigenvalue weighted by atomic mass is 16.6. The Morgan fingerprint density at radius 3 is 3.11 bits per heavy atom. The highest BCUT2D eigenvalue weighted by molar-refractivity contribution is 5.92. The average molecular weight is 263 g/mol. The monoisotopic (exact) mass is 263 g/mol. The molecule has 2 heterocycles. The van der Waals surface area contributed by atoms with Crippen LogP contribution in [0.4, 0.5) is 0 Å². The summed E-state index contributed by atoms with van der Waals surface area (Å²) in [5, 5.41) is 17.0. The number of carboxylic acids is 1. The molecule has 7 nitrogen and oxygen atoms in total. The number of aromatic carboxylic acids is 1. The number of rotatable bonds is 3. The molecule has 1 unspecified atom stereocenters. The van der Waals surface area contributed by atoms with Gasteiger partial charge in [-0.2, -0.15) is 0 Å². The van der Waals surface area contributed by atoms with Crippen LogP contribution in [0.3, 0.4) is 0 Å². The van der Waals surface area contributed by atoms with Crippen LogP contribution in [0.15, 0.2) is 18.2 Å². The van der Waals surface area contributed by atoms with Crippen LogP contribution in [0.2, 0.25) is 0 Å². The second-order valence-corrected chi connectivity index (χ2v) is 4.35. The molecule has 7 heteroatoms. The summed E-state index contributed by atoms with van der Waals surface area (Å²) in [4.78, 5) is 11.0. The molecule has 1 aromatic carbocycles. The lowest BCUT2D eigenvalue weighted by Crippen LogP contribution is -2.32. The summed E-state index contributed by atoms with van der Waals surface area (Å²) in [6.07, 6.45) is -0.0767. The van der Waals surface area contributed by atoms with Crippen molar-refractivity contribution in [2.75, 3.05) is 19.8 Å². The summed E-state index contributed by atoms with van der Waals surface area (Å²) < 4.78 is 12.5. The minimum Gasteiger partial charge on any atom is -0.478 e. The number of hydrogen-bond acceptors (Lipinski definition) is 5. The van der Waals surface area contributed by atoms with Crippen molar-refractivity contribution in [1.82, 2.24) is 15.0 Å². The maximum atomic E-state index is 11.0. The zero-order chi connectivity index (χ0) is 13.2. The lowest BCUT2D eigenvalue weighted by atomic mass is 10.2. The summed E-state index contributed by atoms with van der Waals surface area (Å²) in [6.45, 7) is 2.19. The predicted molar refractivity (Wildman–Crippen MR) is 65.0 cm³/mol. The van der Waals surface area contributed by atoms with Crippen molar-refractivity contribution < 1.29 is 19.4 Å². The fourth-order valence-electron chi connectivity index (χ4n) is 2.07. The first-order valence-electron chi connectivity index (χ1n) is 6.00. The van der Waals surface area contributed by atoms with Gasteiger partial charge < -0.3 is 14.6 Å². The first kappa shape index (κ1) is 12.1. The molecule has 3 rings (SSSR count). The molecule has 1 aliphatic heterocycles. The Hall–Kier alpha value is -1.99. The zero-order valence-electron chi connectivity index (χ0n) is 10.2. The third-order valence-corrected chi connectivity index (χ3v) is 3.02. The van der Waals surface area contributed by atoms with Gasteiger partial charge in [-0.25, -0.2) is 9.48 Å². The maximum Gasteiger partial charge on any atom is 0.335 e. The Morgan fingerprint density at radius 1 is 1.47 bits per heavy atom. The van der Waals surface area contributed by atoms with Crippen LogP contribution in [-0.2, 0) is 16.0 Å². The maximum absolute atomic E-state index is 11.0. The van der Waals surface area contributed by atoms with Gasteiger partial charge in [0.25, 0.3) is 0 Å². The van der Waals surface area contributed by atoms with Gasteiger partial charge in [-0.15, -0.1) is 5.10 Å². The number of benzene rings is 1. The topological polar surface area (TPSA) is 86.5 Å². The molecule has 1 fully saturated rings. The number of hydrogen-bond donors (Lipinski definition) is 1. The molecular weight excluding hydrogens is 250 g/mol. The van der Waals surface area contributed by atoms with Gasteiger partial charge in [0.05, 0.1) is 37.4 Å². The number of ether oxygens (including phenoxy) is 2. The van der Waals surface area contributed by atoms with Crippen molar-refractivity contribution in [2.24, 2.45) is 0 Å². The van der Waals surface area contributed by atoms with E-state index in [1.54, 1.807) is 16.8 Å². The van der Waals surface area contributed by atoms with Gasteiger partial charge in [0.15, 0.2) is 0 Å². The Balaban J connectivity index is 1.89. The smallest absolute Gasteiger partial charge is 0.335 e. The highest BCUT2D eigenvalue weighted by Crippen LogP contribution is 2.15. The fourth-order valence-corrected chi connectivity index (χ4v) is 2.07. The van der Waals surface area contributed by atoms with Crippen LogP contribution in [0.25, 0.3) is 11.0 Å². The van der Waals surface area contributed by atoms with E-state index in [9.17, 15) is 4.79 Å². The van der Waals surface area contributed by atoms with E-state index in [4.69, 9.17) is 14.6 Å². The number of fused-ring (bicyclic) bond motifs is 1. The van der Waals surface area contributed by atoms with E-state index in [-0.39, 0.29) is 11.7 Å². The SMILES string of the molecule is O=C(O)c1ccc2nnn(CC3COCCO3)c2c1. The zero-order valence-corrected chi connectivity index (χ0v) is 10.2. The van der Waals surface area contributed by atoms with E-state index >= 15 is 0 Å². The highest BCUT2D eigenvalue weighted by Gasteiger charge is 2.17. The molecule has 1 aromatic heterocycles. The molecule has 0 aliphatic carbocycles. The van der Waals surface area contributed by atoms with Gasteiger partial charge in [-0.1, -0.05) is 5.21 Å². The molecule has 0 spiro atoms. The van der Waals surface area contributed by atoms with Crippen LogP contribution in [0, 0.1) is 0 Å². The molecule has 0 radical (unpaired) electrons. The largest absolute Gasteiger partial charge is 0.478 e. The number of carboxylic acid groups (broad SMARTS) is 1. The van der Waals surface area contributed by atoms with Crippen molar-refractivity contribution in [3.63, 3.8) is 0 Å². The number of nitrogens with zero attached hydrogens (tertiary/aromatic N) is 3. The normalized spacial score (nSPS) is 19.7. The van der Waals surface area contributed by atoms with Crippen LogP contribution in [0.1, 0.15) is 10.4 Å². The van der Waals surface area contributed by atoms with Crippen molar-refractivity contribution in [3.8, 4) is 0 Å². The van der Waals surface area contributed by atoms with Crippen molar-refractivity contribution in [3.05, 3.63) is 23.8 Å². The van der Waals surface area contributed by atoms with E-state index in [2.05, 4.69) is 10.3 Å². The Bertz CT molecular complexity index is 604. The molecule has 19 heavy (non-hydrogen) atoms. The van der Waals surface area contributed by atoms with Gasteiger partial charge in [0.2, 0.25) is 0 Å². The lowest BCUT2D eigenvalue weighted by Gasteiger charge is -2.22. The molecule has 1 atom stereocenters. The fraction of sp³-hybridized carbons (Fsp3) is 0.417. The standard InChI is InChI=1S/C12H13N3O4/c16-12(17)8-1-2-10-11(5-8)15(14-13-10)6-9-7-18-3-4-19-9/h1-2,5,9H,3-4,6-7H2,(H,16,17). The summed E-state index contributed by atoms with van der Waals surface area (Å²) in [7, 11) is 0. The molecule has 100 valence electrons. The first-order chi connectivity index (χ1) is 9.24. The lowest BCUT2D eigenvalue weighted by molar-refractivity contribution is -0.0943. The Labute approximate surface area is 108 Å². The molecule has 1 aliphatic rings.